The molecule has 4 heteroatoms. The number of ether oxygens (including phenoxy) is 1. The van der Waals surface area contributed by atoms with Crippen molar-refractivity contribution in [3.05, 3.63) is 29.8 Å². The fourth-order valence-corrected chi connectivity index (χ4v) is 3.36. The smallest absolute Gasteiger partial charge is 0.119 e. The molecule has 2 rings (SSSR count). The van der Waals surface area contributed by atoms with E-state index in [2.05, 4.69) is 31.1 Å². The van der Waals surface area contributed by atoms with Crippen molar-refractivity contribution in [2.45, 2.75) is 37.7 Å². The molecule has 1 aromatic carbocycles. The number of rotatable bonds is 5. The Hall–Kier alpha value is -0.770. The highest BCUT2D eigenvalue weighted by atomic mass is 35.5. The number of hydrogen-bond donors (Lipinski definition) is 1. The Morgan fingerprint density at radius 1 is 1.29 bits per heavy atom. The maximum absolute atomic E-state index is 10.4. The molecular formula is C17H28ClNO2. The highest BCUT2D eigenvalue weighted by Gasteiger charge is 2.32. The summed E-state index contributed by atoms with van der Waals surface area (Å²) in [6.07, 6.45) is 4.29. The Labute approximate surface area is 134 Å². The Bertz CT molecular complexity index is 425. The molecule has 1 aliphatic rings. The first-order valence-electron chi connectivity index (χ1n) is 7.58. The number of likely N-dealkylation sites (N-methyl/N-ethyl adjacent to an activating group) is 1. The molecule has 1 fully saturated rings. The second kappa shape index (κ2) is 8.62. The minimum Gasteiger partial charge on any atom is -0.497 e. The molecule has 0 aliphatic heterocycles. The minimum atomic E-state index is -0.167. The van der Waals surface area contributed by atoms with E-state index in [0.717, 1.165) is 31.6 Å². The number of benzene rings is 1. The quantitative estimate of drug-likeness (QED) is 0.905. The molecule has 0 radical (unpaired) electrons. The number of aliphatic hydroxyl groups is 1. The standard InChI is InChI=1S/C17H27NO2.ClH/c1-18(2)12-16(15-9-4-5-10-17(15)19)13-7-6-8-14(11-13)20-3;/h6-8,11,15-17,19H,4-5,9-10,12H2,1-3H3;1H/t15-,16?,17+;/m1./s1. The van der Waals surface area contributed by atoms with E-state index in [1.54, 1.807) is 7.11 Å². The Kier molecular flexibility index (Phi) is 7.50. The molecule has 1 N–H and O–H groups in total. The highest BCUT2D eigenvalue weighted by molar-refractivity contribution is 5.85. The van der Waals surface area contributed by atoms with Gasteiger partial charge in [-0.25, -0.2) is 0 Å². The van der Waals surface area contributed by atoms with Crippen molar-refractivity contribution in [2.24, 2.45) is 5.92 Å². The molecular weight excluding hydrogens is 286 g/mol. The average Bonchev–Trinajstić information content (AvgIpc) is 2.45. The van der Waals surface area contributed by atoms with Gasteiger partial charge in [-0.05, 0) is 50.6 Å². The van der Waals surface area contributed by atoms with E-state index in [1.807, 2.05) is 12.1 Å². The normalized spacial score (nSPS) is 23.5. The number of nitrogens with zero attached hydrogens (tertiary/aromatic N) is 1. The van der Waals surface area contributed by atoms with Crippen molar-refractivity contribution in [1.29, 1.82) is 0 Å². The number of halogens is 1. The molecule has 0 spiro atoms. The number of aliphatic hydroxyl groups excluding tert-OH is 1. The van der Waals surface area contributed by atoms with Gasteiger partial charge in [0.2, 0.25) is 0 Å². The van der Waals surface area contributed by atoms with Crippen LogP contribution in [0.2, 0.25) is 0 Å². The third-order valence-corrected chi connectivity index (χ3v) is 4.38. The van der Waals surface area contributed by atoms with Gasteiger partial charge >= 0.3 is 0 Å². The van der Waals surface area contributed by atoms with Gasteiger partial charge in [0, 0.05) is 12.5 Å². The van der Waals surface area contributed by atoms with Gasteiger partial charge in [-0.1, -0.05) is 25.0 Å². The third-order valence-electron chi connectivity index (χ3n) is 4.38. The fraction of sp³-hybridized carbons (Fsp3) is 0.647. The molecule has 21 heavy (non-hydrogen) atoms. The molecule has 1 unspecified atom stereocenters. The molecule has 0 saturated heterocycles. The first-order valence-corrected chi connectivity index (χ1v) is 7.58. The predicted octanol–water partition coefficient (Wildman–Crippen LogP) is 3.31. The lowest BCUT2D eigenvalue weighted by atomic mass is 9.75. The van der Waals surface area contributed by atoms with E-state index >= 15 is 0 Å². The molecule has 1 aromatic rings. The van der Waals surface area contributed by atoms with Gasteiger partial charge in [0.15, 0.2) is 0 Å². The highest BCUT2D eigenvalue weighted by Crippen LogP contribution is 2.37. The summed E-state index contributed by atoms with van der Waals surface area (Å²) in [7, 11) is 5.90. The van der Waals surface area contributed by atoms with E-state index < -0.39 is 0 Å². The maximum atomic E-state index is 10.4. The summed E-state index contributed by atoms with van der Waals surface area (Å²) < 4.78 is 5.35. The van der Waals surface area contributed by atoms with Crippen LogP contribution in [0.4, 0.5) is 0 Å². The molecule has 3 nitrogen and oxygen atoms in total. The minimum absolute atomic E-state index is 0. The molecule has 0 bridgehead atoms. The maximum Gasteiger partial charge on any atom is 0.119 e. The fourth-order valence-electron chi connectivity index (χ4n) is 3.36. The molecule has 0 heterocycles. The lowest BCUT2D eigenvalue weighted by molar-refractivity contribution is 0.0494. The summed E-state index contributed by atoms with van der Waals surface area (Å²) in [5.41, 5.74) is 1.28. The second-order valence-electron chi connectivity index (χ2n) is 6.16. The monoisotopic (exact) mass is 313 g/mol. The molecule has 1 aliphatic carbocycles. The molecule has 3 atom stereocenters. The van der Waals surface area contributed by atoms with Gasteiger partial charge in [-0.3, -0.25) is 0 Å². The third kappa shape index (κ3) is 4.87. The molecule has 120 valence electrons. The Morgan fingerprint density at radius 3 is 2.62 bits per heavy atom. The molecule has 1 saturated carbocycles. The summed E-state index contributed by atoms with van der Waals surface area (Å²) in [6.45, 7) is 0.967. The van der Waals surface area contributed by atoms with Gasteiger partial charge < -0.3 is 14.7 Å². The zero-order valence-corrected chi connectivity index (χ0v) is 14.1. The van der Waals surface area contributed by atoms with Crippen LogP contribution in [0.1, 0.15) is 37.2 Å². The summed E-state index contributed by atoms with van der Waals surface area (Å²) in [4.78, 5) is 2.21. The van der Waals surface area contributed by atoms with Crippen LogP contribution in [-0.2, 0) is 0 Å². The van der Waals surface area contributed by atoms with E-state index in [0.29, 0.717) is 11.8 Å². The lowest BCUT2D eigenvalue weighted by Gasteiger charge is -2.36. The van der Waals surface area contributed by atoms with Crippen LogP contribution in [0.25, 0.3) is 0 Å². The van der Waals surface area contributed by atoms with Crippen LogP contribution in [0.3, 0.4) is 0 Å². The van der Waals surface area contributed by atoms with Crippen LogP contribution in [0, 0.1) is 5.92 Å². The summed E-state index contributed by atoms with van der Waals surface area (Å²) in [5.74, 6) is 1.63. The predicted molar refractivity (Wildman–Crippen MR) is 89.5 cm³/mol. The Morgan fingerprint density at radius 2 is 2.00 bits per heavy atom. The number of methoxy groups -OCH3 is 1. The van der Waals surface area contributed by atoms with Gasteiger partial charge in [-0.2, -0.15) is 0 Å². The van der Waals surface area contributed by atoms with E-state index in [1.165, 1.54) is 12.0 Å². The van der Waals surface area contributed by atoms with Crippen molar-refractivity contribution >= 4 is 12.4 Å². The summed E-state index contributed by atoms with van der Waals surface area (Å²) in [5, 5.41) is 10.4. The molecule has 0 aromatic heterocycles. The van der Waals surface area contributed by atoms with Gasteiger partial charge in [0.25, 0.3) is 0 Å². The van der Waals surface area contributed by atoms with E-state index in [-0.39, 0.29) is 18.5 Å². The van der Waals surface area contributed by atoms with Crippen LogP contribution in [-0.4, -0.2) is 43.9 Å². The SMILES string of the molecule is COc1cccc(C(CN(C)C)[C@H]2CCCC[C@@H]2O)c1.Cl. The summed E-state index contributed by atoms with van der Waals surface area (Å²) in [6, 6.07) is 8.31. The second-order valence-corrected chi connectivity index (χ2v) is 6.16. The van der Waals surface area contributed by atoms with E-state index in [9.17, 15) is 5.11 Å². The summed E-state index contributed by atoms with van der Waals surface area (Å²) >= 11 is 0. The first kappa shape index (κ1) is 18.3. The number of hydrogen-bond acceptors (Lipinski definition) is 3. The van der Waals surface area contributed by atoms with Crippen molar-refractivity contribution in [3.63, 3.8) is 0 Å². The lowest BCUT2D eigenvalue weighted by Crippen LogP contribution is -2.35. The average molecular weight is 314 g/mol. The first-order chi connectivity index (χ1) is 9.61. The van der Waals surface area contributed by atoms with Crippen LogP contribution in [0.15, 0.2) is 24.3 Å². The van der Waals surface area contributed by atoms with Crippen molar-refractivity contribution < 1.29 is 9.84 Å². The zero-order valence-electron chi connectivity index (χ0n) is 13.3. The Balaban J connectivity index is 0.00000220. The largest absolute Gasteiger partial charge is 0.497 e. The topological polar surface area (TPSA) is 32.7 Å². The van der Waals surface area contributed by atoms with Crippen LogP contribution < -0.4 is 4.74 Å². The van der Waals surface area contributed by atoms with Crippen LogP contribution in [0.5, 0.6) is 5.75 Å². The molecule has 0 amide bonds. The van der Waals surface area contributed by atoms with Gasteiger partial charge in [0.05, 0.1) is 13.2 Å². The van der Waals surface area contributed by atoms with Gasteiger partial charge in [-0.15, -0.1) is 12.4 Å². The van der Waals surface area contributed by atoms with Crippen molar-refractivity contribution in [3.8, 4) is 5.75 Å². The van der Waals surface area contributed by atoms with Gasteiger partial charge in [0.1, 0.15) is 5.75 Å². The van der Waals surface area contributed by atoms with Crippen LogP contribution >= 0.6 is 12.4 Å². The van der Waals surface area contributed by atoms with E-state index in [4.69, 9.17) is 4.74 Å². The zero-order chi connectivity index (χ0) is 14.5. The van der Waals surface area contributed by atoms with Crippen molar-refractivity contribution in [1.82, 2.24) is 4.90 Å². The van der Waals surface area contributed by atoms with Crippen molar-refractivity contribution in [2.75, 3.05) is 27.7 Å².